The second kappa shape index (κ2) is 9.37. The van der Waals surface area contributed by atoms with Gasteiger partial charge in [-0.15, -0.1) is 0 Å². The number of halogens is 1. The van der Waals surface area contributed by atoms with Gasteiger partial charge in [-0.2, -0.15) is 5.10 Å². The van der Waals surface area contributed by atoms with Gasteiger partial charge in [0.25, 0.3) is 5.56 Å². The Morgan fingerprint density at radius 2 is 1.73 bits per heavy atom. The van der Waals surface area contributed by atoms with E-state index in [9.17, 15) is 14.4 Å². The van der Waals surface area contributed by atoms with Crippen LogP contribution in [0.1, 0.15) is 19.4 Å². The Morgan fingerprint density at radius 3 is 2.37 bits per heavy atom. The van der Waals surface area contributed by atoms with Crippen LogP contribution in [0, 0.1) is 0 Å². The van der Waals surface area contributed by atoms with Gasteiger partial charge in [0, 0.05) is 12.5 Å². The molecule has 0 saturated carbocycles. The molecule has 30 heavy (non-hydrogen) atoms. The average molecular weight is 425 g/mol. The molecule has 0 unspecified atom stereocenters. The Balaban J connectivity index is 1.95. The number of nitrogens with one attached hydrogen (secondary N) is 2. The van der Waals surface area contributed by atoms with E-state index in [0.717, 1.165) is 22.2 Å². The summed E-state index contributed by atoms with van der Waals surface area (Å²) in [5.41, 5.74) is 2.30. The molecular weight excluding hydrogens is 404 g/mol. The van der Waals surface area contributed by atoms with Crippen molar-refractivity contribution < 1.29 is 9.59 Å². The molecule has 0 fully saturated rings. The summed E-state index contributed by atoms with van der Waals surface area (Å²) in [6.45, 7) is 3.03. The number of carbonyl (C=O) groups is 2. The number of rotatable bonds is 6. The van der Waals surface area contributed by atoms with Gasteiger partial charge in [0.15, 0.2) is 0 Å². The number of hydrogen-bond donors (Lipinski definition) is 2. The van der Waals surface area contributed by atoms with Crippen LogP contribution in [-0.2, 0) is 22.6 Å². The number of anilines is 2. The molecule has 0 radical (unpaired) electrons. The molecule has 0 aliphatic heterocycles. The highest BCUT2D eigenvalue weighted by Gasteiger charge is 2.14. The minimum Gasteiger partial charge on any atom is -0.323 e. The van der Waals surface area contributed by atoms with Crippen LogP contribution in [0.25, 0.3) is 11.3 Å². The van der Waals surface area contributed by atoms with Crippen LogP contribution in [0.15, 0.2) is 59.4 Å². The van der Waals surface area contributed by atoms with Crippen LogP contribution in [0.3, 0.4) is 0 Å². The lowest BCUT2D eigenvalue weighted by Gasteiger charge is -2.12. The minimum absolute atomic E-state index is 0.0533. The van der Waals surface area contributed by atoms with Crippen molar-refractivity contribution in [1.82, 2.24) is 9.78 Å². The van der Waals surface area contributed by atoms with Gasteiger partial charge < -0.3 is 10.6 Å². The zero-order valence-corrected chi connectivity index (χ0v) is 17.4. The van der Waals surface area contributed by atoms with E-state index in [1.807, 2.05) is 24.3 Å². The third kappa shape index (κ3) is 5.12. The summed E-state index contributed by atoms with van der Waals surface area (Å²) < 4.78 is 1.03. The second-order valence-corrected chi connectivity index (χ2v) is 7.07. The number of aromatic nitrogens is 2. The van der Waals surface area contributed by atoms with Crippen molar-refractivity contribution in [3.8, 4) is 11.3 Å². The molecule has 2 aromatic carbocycles. The highest BCUT2D eigenvalue weighted by atomic mass is 35.5. The summed E-state index contributed by atoms with van der Waals surface area (Å²) in [6, 6.07) is 16.0. The maximum Gasteiger partial charge on any atom is 0.291 e. The first kappa shape index (κ1) is 21.3. The van der Waals surface area contributed by atoms with E-state index in [1.54, 1.807) is 24.3 Å². The van der Waals surface area contributed by atoms with Crippen LogP contribution in [0.2, 0.25) is 5.02 Å². The predicted molar refractivity (Wildman–Crippen MR) is 118 cm³/mol. The van der Waals surface area contributed by atoms with Gasteiger partial charge in [-0.3, -0.25) is 14.4 Å². The molecule has 2 amide bonds. The quantitative estimate of drug-likeness (QED) is 0.630. The first-order valence-electron chi connectivity index (χ1n) is 9.41. The van der Waals surface area contributed by atoms with Crippen LogP contribution < -0.4 is 16.2 Å². The molecule has 0 aliphatic rings. The van der Waals surface area contributed by atoms with Crippen LogP contribution >= 0.6 is 11.6 Å². The molecule has 3 rings (SSSR count). The minimum atomic E-state index is -0.576. The average Bonchev–Trinajstić information content (AvgIpc) is 2.72. The van der Waals surface area contributed by atoms with Gasteiger partial charge >= 0.3 is 0 Å². The molecule has 1 heterocycles. The Morgan fingerprint density at radius 1 is 1.03 bits per heavy atom. The maximum atomic E-state index is 12.7. The highest BCUT2D eigenvalue weighted by molar-refractivity contribution is 6.33. The largest absolute Gasteiger partial charge is 0.323 e. The lowest BCUT2D eigenvalue weighted by Crippen LogP contribution is -2.32. The molecule has 8 heteroatoms. The Kier molecular flexibility index (Phi) is 6.64. The van der Waals surface area contributed by atoms with Crippen molar-refractivity contribution in [3.05, 3.63) is 75.5 Å². The lowest BCUT2D eigenvalue weighted by molar-refractivity contribution is -0.117. The first-order valence-corrected chi connectivity index (χ1v) is 9.78. The summed E-state index contributed by atoms with van der Waals surface area (Å²) in [4.78, 5) is 36.8. The molecule has 0 aliphatic carbocycles. The number of nitrogens with zero attached hydrogens (tertiary/aromatic N) is 2. The summed E-state index contributed by atoms with van der Waals surface area (Å²) >= 11 is 6.07. The topological polar surface area (TPSA) is 93.1 Å². The number of hydrogen-bond acceptors (Lipinski definition) is 4. The van der Waals surface area contributed by atoms with Gasteiger partial charge in [-0.25, -0.2) is 4.68 Å². The molecule has 0 saturated heterocycles. The Labute approximate surface area is 178 Å². The van der Waals surface area contributed by atoms with Gasteiger partial charge in [0.2, 0.25) is 11.8 Å². The van der Waals surface area contributed by atoms with Gasteiger partial charge in [0.05, 0.1) is 16.4 Å². The van der Waals surface area contributed by atoms with E-state index >= 15 is 0 Å². The van der Waals surface area contributed by atoms with Crippen LogP contribution in [0.5, 0.6) is 0 Å². The van der Waals surface area contributed by atoms with E-state index in [1.165, 1.54) is 13.0 Å². The van der Waals surface area contributed by atoms with Gasteiger partial charge in [-0.05, 0) is 30.2 Å². The SMILES string of the molecule is CCc1ccc(-c2cc(NC(C)=O)c(=O)n(CC(=O)Nc3ccccc3Cl)n2)cc1. The van der Waals surface area contributed by atoms with Crippen LogP contribution in [-0.4, -0.2) is 21.6 Å². The standard InChI is InChI=1S/C22H21ClN4O3/c1-3-15-8-10-16(11-9-15)19-12-20(24-14(2)28)22(30)27(26-19)13-21(29)25-18-7-5-4-6-17(18)23/h4-12H,3,13H2,1-2H3,(H,24,28)(H,25,29). The van der Waals surface area contributed by atoms with E-state index in [-0.39, 0.29) is 12.2 Å². The molecule has 2 N–H and O–H groups in total. The zero-order chi connectivity index (χ0) is 21.7. The summed E-state index contributed by atoms with van der Waals surface area (Å²) in [7, 11) is 0. The summed E-state index contributed by atoms with van der Waals surface area (Å²) in [6.07, 6.45) is 0.895. The lowest BCUT2D eigenvalue weighted by atomic mass is 10.1. The van der Waals surface area contributed by atoms with Crippen molar-refractivity contribution in [2.75, 3.05) is 10.6 Å². The normalized spacial score (nSPS) is 10.5. The highest BCUT2D eigenvalue weighted by Crippen LogP contribution is 2.21. The van der Waals surface area contributed by atoms with E-state index in [4.69, 9.17) is 11.6 Å². The fraction of sp³-hybridized carbons (Fsp3) is 0.182. The molecular formula is C22H21ClN4O3. The summed E-state index contributed by atoms with van der Waals surface area (Å²) in [5.74, 6) is -0.859. The van der Waals surface area contributed by atoms with Crippen molar-refractivity contribution >= 4 is 34.8 Å². The number of carbonyl (C=O) groups excluding carboxylic acids is 2. The number of benzene rings is 2. The monoisotopic (exact) mass is 424 g/mol. The molecule has 0 spiro atoms. The maximum absolute atomic E-state index is 12.7. The van der Waals surface area contributed by atoms with Crippen molar-refractivity contribution in [2.45, 2.75) is 26.8 Å². The molecule has 0 atom stereocenters. The van der Waals surface area contributed by atoms with Crippen molar-refractivity contribution in [1.29, 1.82) is 0 Å². The van der Waals surface area contributed by atoms with Gasteiger partial charge in [0.1, 0.15) is 12.2 Å². The van der Waals surface area contributed by atoms with E-state index < -0.39 is 17.4 Å². The molecule has 154 valence electrons. The number of aryl methyl sites for hydroxylation is 1. The van der Waals surface area contributed by atoms with Gasteiger partial charge in [-0.1, -0.05) is 54.9 Å². The summed E-state index contributed by atoms with van der Waals surface area (Å²) in [5, 5.41) is 9.89. The van der Waals surface area contributed by atoms with Crippen molar-refractivity contribution in [3.63, 3.8) is 0 Å². The molecule has 3 aromatic rings. The van der Waals surface area contributed by atoms with E-state index in [0.29, 0.717) is 16.4 Å². The van der Waals surface area contributed by atoms with Crippen molar-refractivity contribution in [2.24, 2.45) is 0 Å². The third-order valence-electron chi connectivity index (χ3n) is 4.38. The molecule has 0 bridgehead atoms. The predicted octanol–water partition coefficient (Wildman–Crippen LogP) is 3.72. The Bertz CT molecular complexity index is 1140. The fourth-order valence-corrected chi connectivity index (χ4v) is 3.05. The third-order valence-corrected chi connectivity index (χ3v) is 4.71. The second-order valence-electron chi connectivity index (χ2n) is 6.67. The fourth-order valence-electron chi connectivity index (χ4n) is 2.87. The van der Waals surface area contributed by atoms with E-state index in [2.05, 4.69) is 22.7 Å². The van der Waals surface area contributed by atoms with Crippen LogP contribution in [0.4, 0.5) is 11.4 Å². The molecule has 1 aromatic heterocycles. The zero-order valence-electron chi connectivity index (χ0n) is 16.6. The number of amides is 2. The Hall–Kier alpha value is -3.45. The number of para-hydroxylation sites is 1. The smallest absolute Gasteiger partial charge is 0.291 e. The molecule has 7 nitrogen and oxygen atoms in total. The first-order chi connectivity index (χ1) is 14.4.